The van der Waals surface area contributed by atoms with E-state index in [9.17, 15) is 4.79 Å². The first-order valence-electron chi connectivity index (χ1n) is 5.60. The lowest BCUT2D eigenvalue weighted by Crippen LogP contribution is -2.22. The van der Waals surface area contributed by atoms with Gasteiger partial charge in [0.15, 0.2) is 0 Å². The Morgan fingerprint density at radius 1 is 1.47 bits per heavy atom. The van der Waals surface area contributed by atoms with Crippen molar-refractivity contribution in [2.45, 2.75) is 25.5 Å². The lowest BCUT2D eigenvalue weighted by Gasteiger charge is -2.11. The Balaban J connectivity index is 2.52. The van der Waals surface area contributed by atoms with Crippen LogP contribution in [0.25, 0.3) is 0 Å². The molecule has 0 saturated carbocycles. The topological polar surface area (TPSA) is 52.9 Å². The number of hydrogen-bond donors (Lipinski definition) is 1. The van der Waals surface area contributed by atoms with Crippen molar-refractivity contribution >= 4 is 23.4 Å². The molecule has 1 unspecified atom stereocenters. The average Bonchev–Trinajstić information content (AvgIpc) is 2.36. The van der Waals surface area contributed by atoms with Crippen LogP contribution < -0.4 is 5.32 Å². The van der Waals surface area contributed by atoms with E-state index < -0.39 is 0 Å². The van der Waals surface area contributed by atoms with Crippen molar-refractivity contribution < 1.29 is 4.79 Å². The maximum absolute atomic E-state index is 11.8. The van der Waals surface area contributed by atoms with Crippen LogP contribution in [0, 0.1) is 11.3 Å². The number of hydrogen-bond acceptors (Lipinski definition) is 3. The van der Waals surface area contributed by atoms with Crippen molar-refractivity contribution in [1.29, 1.82) is 5.26 Å². The van der Waals surface area contributed by atoms with Crippen molar-refractivity contribution in [2.24, 2.45) is 0 Å². The van der Waals surface area contributed by atoms with Crippen LogP contribution in [0.1, 0.15) is 25.8 Å². The molecular weight excluding hydrogens is 232 g/mol. The van der Waals surface area contributed by atoms with E-state index in [-0.39, 0.29) is 11.2 Å². The van der Waals surface area contributed by atoms with Crippen LogP contribution in [-0.2, 0) is 4.79 Å². The molecule has 0 bridgehead atoms. The maximum atomic E-state index is 11.8. The van der Waals surface area contributed by atoms with Gasteiger partial charge < -0.3 is 5.32 Å². The maximum Gasteiger partial charge on any atom is 0.237 e. The fraction of sp³-hybridized carbons (Fsp3) is 0.385. The summed E-state index contributed by atoms with van der Waals surface area (Å²) in [7, 11) is 0. The molecule has 0 heterocycles. The molecule has 1 atom stereocenters. The number of thioether (sulfide) groups is 1. The Kier molecular flexibility index (Phi) is 5.58. The number of carbonyl (C=O) groups excluding carboxylic acids is 1. The van der Waals surface area contributed by atoms with Crippen molar-refractivity contribution in [3.63, 3.8) is 0 Å². The molecule has 0 saturated heterocycles. The predicted molar refractivity (Wildman–Crippen MR) is 72.0 cm³/mol. The van der Waals surface area contributed by atoms with E-state index in [4.69, 9.17) is 5.26 Å². The summed E-state index contributed by atoms with van der Waals surface area (Å²) in [6.45, 7) is 4.00. The molecule has 17 heavy (non-hydrogen) atoms. The number of rotatable bonds is 5. The molecule has 90 valence electrons. The molecular formula is C13H16N2OS. The van der Waals surface area contributed by atoms with Crippen LogP contribution >= 0.6 is 11.8 Å². The molecule has 0 spiro atoms. The van der Waals surface area contributed by atoms with E-state index in [2.05, 4.69) is 12.2 Å². The molecule has 0 fully saturated rings. The second-order valence-corrected chi connectivity index (χ2v) is 5.14. The first-order valence-corrected chi connectivity index (χ1v) is 6.65. The molecule has 1 aromatic rings. The summed E-state index contributed by atoms with van der Waals surface area (Å²) >= 11 is 1.65. The lowest BCUT2D eigenvalue weighted by atomic mass is 10.2. The second-order valence-electron chi connectivity index (χ2n) is 3.69. The number of benzene rings is 1. The molecule has 1 aromatic carbocycles. The third kappa shape index (κ3) is 4.49. The first-order chi connectivity index (χ1) is 8.17. The van der Waals surface area contributed by atoms with Crippen molar-refractivity contribution in [2.75, 3.05) is 11.1 Å². The van der Waals surface area contributed by atoms with Gasteiger partial charge in [0.25, 0.3) is 0 Å². The van der Waals surface area contributed by atoms with Crippen LogP contribution in [0.5, 0.6) is 0 Å². The summed E-state index contributed by atoms with van der Waals surface area (Å²) in [6.07, 6.45) is 1.07. The smallest absolute Gasteiger partial charge is 0.237 e. The number of nitrogens with zero attached hydrogens (tertiary/aromatic N) is 1. The van der Waals surface area contributed by atoms with E-state index >= 15 is 0 Å². The predicted octanol–water partition coefficient (Wildman–Crippen LogP) is 3.03. The van der Waals surface area contributed by atoms with E-state index in [1.165, 1.54) is 0 Å². The summed E-state index contributed by atoms with van der Waals surface area (Å²) in [5.41, 5.74) is 1.33. The van der Waals surface area contributed by atoms with Gasteiger partial charge in [0.1, 0.15) is 0 Å². The molecule has 3 nitrogen and oxygen atoms in total. The molecule has 0 aliphatic carbocycles. The summed E-state index contributed by atoms with van der Waals surface area (Å²) in [5, 5.41) is 11.4. The van der Waals surface area contributed by atoms with E-state index in [0.29, 0.717) is 5.56 Å². The highest BCUT2D eigenvalue weighted by molar-refractivity contribution is 8.00. The SMILES string of the molecule is CCCSC(C)C(=O)Nc1ccc(C#N)cc1. The normalized spacial score (nSPS) is 11.6. The third-order valence-corrected chi connectivity index (χ3v) is 3.58. The minimum absolute atomic E-state index is 0.00755. The molecule has 4 heteroatoms. The molecule has 0 aromatic heterocycles. The first kappa shape index (κ1) is 13.6. The van der Waals surface area contributed by atoms with Gasteiger partial charge in [-0.25, -0.2) is 0 Å². The van der Waals surface area contributed by atoms with Crippen LogP contribution in [0.15, 0.2) is 24.3 Å². The van der Waals surface area contributed by atoms with Crippen LogP contribution in [0.3, 0.4) is 0 Å². The Morgan fingerprint density at radius 2 is 2.12 bits per heavy atom. The monoisotopic (exact) mass is 248 g/mol. The van der Waals surface area contributed by atoms with Gasteiger partial charge in [0, 0.05) is 5.69 Å². The Bertz CT molecular complexity index is 408. The van der Waals surface area contributed by atoms with Gasteiger partial charge in [-0.2, -0.15) is 5.26 Å². The van der Waals surface area contributed by atoms with Gasteiger partial charge in [-0.15, -0.1) is 11.8 Å². The minimum atomic E-state index is -0.0504. The highest BCUT2D eigenvalue weighted by Gasteiger charge is 2.12. The van der Waals surface area contributed by atoms with Crippen molar-refractivity contribution in [3.05, 3.63) is 29.8 Å². The number of anilines is 1. The Morgan fingerprint density at radius 3 is 2.65 bits per heavy atom. The number of nitrogens with one attached hydrogen (secondary N) is 1. The van der Waals surface area contributed by atoms with Gasteiger partial charge >= 0.3 is 0 Å². The fourth-order valence-electron chi connectivity index (χ4n) is 1.24. The lowest BCUT2D eigenvalue weighted by molar-refractivity contribution is -0.115. The summed E-state index contributed by atoms with van der Waals surface area (Å²) < 4.78 is 0. The van der Waals surface area contributed by atoms with Crippen LogP contribution in [-0.4, -0.2) is 16.9 Å². The largest absolute Gasteiger partial charge is 0.325 e. The highest BCUT2D eigenvalue weighted by atomic mass is 32.2. The number of amides is 1. The van der Waals surface area contributed by atoms with E-state index in [0.717, 1.165) is 17.9 Å². The van der Waals surface area contributed by atoms with Gasteiger partial charge in [-0.1, -0.05) is 6.92 Å². The van der Waals surface area contributed by atoms with E-state index in [1.54, 1.807) is 36.0 Å². The quantitative estimate of drug-likeness (QED) is 0.871. The zero-order chi connectivity index (χ0) is 12.7. The van der Waals surface area contributed by atoms with Gasteiger partial charge in [0.05, 0.1) is 16.9 Å². The van der Waals surface area contributed by atoms with Crippen molar-refractivity contribution in [1.82, 2.24) is 0 Å². The standard InChI is InChI=1S/C13H16N2OS/c1-3-8-17-10(2)13(16)15-12-6-4-11(9-14)5-7-12/h4-7,10H,3,8H2,1-2H3,(H,15,16). The fourth-order valence-corrected chi connectivity index (χ4v) is 2.04. The van der Waals surface area contributed by atoms with Gasteiger partial charge in [-0.3, -0.25) is 4.79 Å². The molecule has 0 aliphatic heterocycles. The zero-order valence-corrected chi connectivity index (χ0v) is 10.9. The summed E-state index contributed by atoms with van der Waals surface area (Å²) in [5.74, 6) is 0.996. The zero-order valence-electron chi connectivity index (χ0n) is 10.1. The van der Waals surface area contributed by atoms with Crippen LogP contribution in [0.2, 0.25) is 0 Å². The number of carbonyl (C=O) groups is 1. The second kappa shape index (κ2) is 6.97. The van der Waals surface area contributed by atoms with E-state index in [1.807, 2.05) is 13.0 Å². The Labute approximate surface area is 106 Å². The van der Waals surface area contributed by atoms with Crippen molar-refractivity contribution in [3.8, 4) is 6.07 Å². The average molecular weight is 248 g/mol. The third-order valence-electron chi connectivity index (χ3n) is 2.22. The Hall–Kier alpha value is -1.47. The highest BCUT2D eigenvalue weighted by Crippen LogP contribution is 2.15. The van der Waals surface area contributed by atoms with Crippen LogP contribution in [0.4, 0.5) is 5.69 Å². The number of nitriles is 1. The van der Waals surface area contributed by atoms with Gasteiger partial charge in [-0.05, 0) is 43.4 Å². The molecule has 1 N–H and O–H groups in total. The molecule has 1 rings (SSSR count). The summed E-state index contributed by atoms with van der Waals surface area (Å²) in [6, 6.07) is 8.92. The minimum Gasteiger partial charge on any atom is -0.325 e. The molecule has 0 aliphatic rings. The molecule has 1 amide bonds. The molecule has 0 radical (unpaired) electrons. The summed E-state index contributed by atoms with van der Waals surface area (Å²) in [4.78, 5) is 11.8. The van der Waals surface area contributed by atoms with Gasteiger partial charge in [0.2, 0.25) is 5.91 Å².